The van der Waals surface area contributed by atoms with Crippen LogP contribution in [0.25, 0.3) is 11.0 Å². The first-order valence-electron chi connectivity index (χ1n) is 11.9. The molecule has 0 aliphatic carbocycles. The van der Waals surface area contributed by atoms with Gasteiger partial charge >= 0.3 is 5.63 Å². The second-order valence-electron chi connectivity index (χ2n) is 8.69. The molecular weight excluding hydrogens is 482 g/mol. The number of fused-ring (bicyclic) bond motifs is 1. The number of carbonyl (C=O) groups is 1. The molecule has 0 atom stereocenters. The van der Waals surface area contributed by atoms with E-state index in [1.807, 2.05) is 44.2 Å². The standard InChI is InChI=1S/C29H25N5O4/c1-17-7-9-22(10-8-17)33-29-30-18(2)15-25(34-29)31-20-11-13-21(14-12-20)32-27(35)23-16-19-5-4-6-24(37-3)26(19)38-28(23)36/h4-16H,1-3H3,(H,32,35)(H2,30,31,33,34). The molecule has 3 N–H and O–H groups in total. The average Bonchev–Trinajstić information content (AvgIpc) is 2.90. The van der Waals surface area contributed by atoms with Gasteiger partial charge in [-0.2, -0.15) is 4.98 Å². The molecule has 0 fully saturated rings. The van der Waals surface area contributed by atoms with E-state index in [0.717, 1.165) is 17.1 Å². The summed E-state index contributed by atoms with van der Waals surface area (Å²) < 4.78 is 10.6. The summed E-state index contributed by atoms with van der Waals surface area (Å²) in [5.74, 6) is 0.953. The van der Waals surface area contributed by atoms with E-state index < -0.39 is 11.5 Å². The predicted molar refractivity (Wildman–Crippen MR) is 148 cm³/mol. The molecule has 190 valence electrons. The van der Waals surface area contributed by atoms with Crippen LogP contribution >= 0.6 is 0 Å². The van der Waals surface area contributed by atoms with E-state index in [1.54, 1.807) is 42.5 Å². The fourth-order valence-corrected chi connectivity index (χ4v) is 3.87. The molecular formula is C29H25N5O4. The van der Waals surface area contributed by atoms with E-state index in [2.05, 4.69) is 25.9 Å². The molecule has 0 saturated heterocycles. The lowest BCUT2D eigenvalue weighted by Crippen LogP contribution is -2.20. The minimum atomic E-state index is -0.744. The molecule has 5 rings (SSSR count). The molecule has 0 unspecified atom stereocenters. The molecule has 1 amide bonds. The Morgan fingerprint density at radius 2 is 1.53 bits per heavy atom. The summed E-state index contributed by atoms with van der Waals surface area (Å²) >= 11 is 0. The van der Waals surface area contributed by atoms with Crippen LogP contribution < -0.4 is 26.3 Å². The zero-order valence-electron chi connectivity index (χ0n) is 21.0. The van der Waals surface area contributed by atoms with Crippen LogP contribution in [0.4, 0.5) is 28.8 Å². The van der Waals surface area contributed by atoms with E-state index in [0.29, 0.717) is 34.2 Å². The van der Waals surface area contributed by atoms with Gasteiger partial charge < -0.3 is 25.1 Å². The van der Waals surface area contributed by atoms with Gasteiger partial charge in [-0.15, -0.1) is 0 Å². The molecule has 2 heterocycles. The second kappa shape index (κ2) is 10.4. The van der Waals surface area contributed by atoms with Gasteiger partial charge in [0.05, 0.1) is 7.11 Å². The molecule has 0 aliphatic rings. The minimum absolute atomic E-state index is 0.0991. The molecule has 0 aliphatic heterocycles. The first-order valence-corrected chi connectivity index (χ1v) is 11.9. The summed E-state index contributed by atoms with van der Waals surface area (Å²) in [6.07, 6.45) is 0. The van der Waals surface area contributed by atoms with Gasteiger partial charge in [0.15, 0.2) is 11.3 Å². The molecule has 9 nitrogen and oxygen atoms in total. The number of nitrogens with zero attached hydrogens (tertiary/aromatic N) is 2. The third-order valence-corrected chi connectivity index (χ3v) is 5.77. The van der Waals surface area contributed by atoms with Crippen molar-refractivity contribution in [1.82, 2.24) is 9.97 Å². The van der Waals surface area contributed by atoms with Crippen molar-refractivity contribution in [2.75, 3.05) is 23.1 Å². The number of methoxy groups -OCH3 is 1. The lowest BCUT2D eigenvalue weighted by atomic mass is 10.1. The number of nitrogens with one attached hydrogen (secondary N) is 3. The first-order chi connectivity index (χ1) is 18.4. The van der Waals surface area contributed by atoms with E-state index >= 15 is 0 Å². The smallest absolute Gasteiger partial charge is 0.349 e. The zero-order chi connectivity index (χ0) is 26.6. The van der Waals surface area contributed by atoms with Crippen molar-refractivity contribution in [2.24, 2.45) is 0 Å². The van der Waals surface area contributed by atoms with Gasteiger partial charge in [-0.25, -0.2) is 9.78 Å². The molecule has 9 heteroatoms. The second-order valence-corrected chi connectivity index (χ2v) is 8.69. The lowest BCUT2D eigenvalue weighted by molar-refractivity contribution is 0.102. The number of aryl methyl sites for hydroxylation is 2. The molecule has 0 saturated carbocycles. The number of benzene rings is 3. The fourth-order valence-electron chi connectivity index (χ4n) is 3.87. The highest BCUT2D eigenvalue weighted by Crippen LogP contribution is 2.25. The maximum absolute atomic E-state index is 12.8. The highest BCUT2D eigenvalue weighted by atomic mass is 16.5. The Balaban J connectivity index is 1.29. The Hall–Kier alpha value is -5.18. The minimum Gasteiger partial charge on any atom is -0.493 e. The summed E-state index contributed by atoms with van der Waals surface area (Å²) in [5.41, 5.74) is 3.60. The summed E-state index contributed by atoms with van der Waals surface area (Å²) in [7, 11) is 1.49. The number of carbonyl (C=O) groups excluding carboxylic acids is 1. The Morgan fingerprint density at radius 3 is 2.26 bits per heavy atom. The molecule has 38 heavy (non-hydrogen) atoms. The van der Waals surface area contributed by atoms with Gasteiger partial charge in [0, 0.05) is 34.2 Å². The predicted octanol–water partition coefficient (Wildman–Crippen LogP) is 5.95. The number of anilines is 5. The van der Waals surface area contributed by atoms with Crippen LogP contribution in [0.2, 0.25) is 0 Å². The van der Waals surface area contributed by atoms with Crippen molar-refractivity contribution < 1.29 is 13.9 Å². The summed E-state index contributed by atoms with van der Waals surface area (Å²) in [5, 5.41) is 9.80. The Kier molecular flexibility index (Phi) is 6.73. The fraction of sp³-hybridized carbons (Fsp3) is 0.103. The van der Waals surface area contributed by atoms with Crippen LogP contribution in [0.15, 0.2) is 88.1 Å². The van der Waals surface area contributed by atoms with Gasteiger partial charge in [0.25, 0.3) is 5.91 Å². The highest BCUT2D eigenvalue weighted by Gasteiger charge is 2.16. The summed E-state index contributed by atoms with van der Waals surface area (Å²) in [6, 6.07) is 23.5. The van der Waals surface area contributed by atoms with Crippen molar-refractivity contribution >= 4 is 45.7 Å². The number of para-hydroxylation sites is 1. The lowest BCUT2D eigenvalue weighted by Gasteiger charge is -2.11. The van der Waals surface area contributed by atoms with Crippen LogP contribution in [0.5, 0.6) is 5.75 Å². The van der Waals surface area contributed by atoms with Crippen molar-refractivity contribution in [3.63, 3.8) is 0 Å². The SMILES string of the molecule is COc1cccc2cc(C(=O)Nc3ccc(Nc4cc(C)nc(Nc5ccc(C)cc5)n4)cc3)c(=O)oc12. The summed E-state index contributed by atoms with van der Waals surface area (Å²) in [4.78, 5) is 34.3. The number of rotatable bonds is 7. The van der Waals surface area contributed by atoms with E-state index in [4.69, 9.17) is 9.15 Å². The molecule has 0 bridgehead atoms. The maximum atomic E-state index is 12.8. The third-order valence-electron chi connectivity index (χ3n) is 5.77. The van der Waals surface area contributed by atoms with Crippen molar-refractivity contribution in [2.45, 2.75) is 13.8 Å². The van der Waals surface area contributed by atoms with Crippen LogP contribution in [0.1, 0.15) is 21.6 Å². The van der Waals surface area contributed by atoms with Crippen LogP contribution in [0.3, 0.4) is 0 Å². The number of ether oxygens (including phenoxy) is 1. The molecule has 0 radical (unpaired) electrons. The van der Waals surface area contributed by atoms with Crippen molar-refractivity contribution in [1.29, 1.82) is 0 Å². The Morgan fingerprint density at radius 1 is 0.842 bits per heavy atom. The Bertz CT molecular complexity index is 1680. The number of aromatic nitrogens is 2. The molecule has 3 aromatic carbocycles. The Labute approximate surface area is 218 Å². The van der Waals surface area contributed by atoms with Crippen molar-refractivity contribution in [3.05, 3.63) is 106 Å². The van der Waals surface area contributed by atoms with Gasteiger partial charge in [-0.3, -0.25) is 4.79 Å². The van der Waals surface area contributed by atoms with Gasteiger partial charge in [0.2, 0.25) is 5.95 Å². The number of amides is 1. The third kappa shape index (κ3) is 5.46. The monoisotopic (exact) mass is 507 g/mol. The topological polar surface area (TPSA) is 118 Å². The first kappa shape index (κ1) is 24.5. The maximum Gasteiger partial charge on any atom is 0.349 e. The van der Waals surface area contributed by atoms with Gasteiger partial charge in [-0.05, 0) is 62.4 Å². The number of hydrogen-bond donors (Lipinski definition) is 3. The van der Waals surface area contributed by atoms with E-state index in [9.17, 15) is 9.59 Å². The van der Waals surface area contributed by atoms with E-state index in [1.165, 1.54) is 18.7 Å². The summed E-state index contributed by atoms with van der Waals surface area (Å²) in [6.45, 7) is 3.93. The van der Waals surface area contributed by atoms with E-state index in [-0.39, 0.29) is 5.56 Å². The average molecular weight is 508 g/mol. The van der Waals surface area contributed by atoms with Crippen LogP contribution in [-0.4, -0.2) is 23.0 Å². The van der Waals surface area contributed by atoms with Gasteiger partial charge in [0.1, 0.15) is 11.4 Å². The molecule has 0 spiro atoms. The molecule has 5 aromatic rings. The molecule has 2 aromatic heterocycles. The van der Waals surface area contributed by atoms with Gasteiger partial charge in [-0.1, -0.05) is 29.8 Å². The van der Waals surface area contributed by atoms with Crippen LogP contribution in [-0.2, 0) is 0 Å². The van der Waals surface area contributed by atoms with Crippen LogP contribution in [0, 0.1) is 13.8 Å². The van der Waals surface area contributed by atoms with Crippen molar-refractivity contribution in [3.8, 4) is 5.75 Å². The zero-order valence-corrected chi connectivity index (χ0v) is 21.0. The number of hydrogen-bond acceptors (Lipinski definition) is 8. The largest absolute Gasteiger partial charge is 0.493 e. The quantitative estimate of drug-likeness (QED) is 0.231. The normalized spacial score (nSPS) is 10.7. The highest BCUT2D eigenvalue weighted by molar-refractivity contribution is 6.05.